The van der Waals surface area contributed by atoms with Gasteiger partial charge in [-0.3, -0.25) is 0 Å². The lowest BCUT2D eigenvalue weighted by Gasteiger charge is -2.30. The number of carboxylic acid groups (broad SMARTS) is 1. The molecule has 0 spiro atoms. The summed E-state index contributed by atoms with van der Waals surface area (Å²) in [6.07, 6.45) is 2.48. The van der Waals surface area contributed by atoms with Crippen molar-refractivity contribution >= 4 is 11.8 Å². The quantitative estimate of drug-likeness (QED) is 0.859. The molecule has 1 saturated heterocycles. The number of carbonyl (C=O) groups is 1. The average Bonchev–Trinajstić information content (AvgIpc) is 2.58. The maximum atomic E-state index is 11.3. The van der Waals surface area contributed by atoms with Gasteiger partial charge in [0.05, 0.1) is 11.6 Å². The van der Waals surface area contributed by atoms with Crippen molar-refractivity contribution < 1.29 is 14.6 Å². The summed E-state index contributed by atoms with van der Waals surface area (Å²) in [5.41, 5.74) is 0.665. The highest BCUT2D eigenvalue weighted by Gasteiger charge is 2.38. The Morgan fingerprint density at radius 3 is 2.94 bits per heavy atom. The highest BCUT2D eigenvalue weighted by atomic mass is 16.5. The molecule has 2 rings (SSSR count). The number of pyridine rings is 1. The fourth-order valence-corrected chi connectivity index (χ4v) is 2.19. The Morgan fingerprint density at radius 2 is 2.39 bits per heavy atom. The van der Waals surface area contributed by atoms with E-state index in [1.54, 1.807) is 19.2 Å². The van der Waals surface area contributed by atoms with Crippen LogP contribution >= 0.6 is 0 Å². The van der Waals surface area contributed by atoms with Crippen molar-refractivity contribution in [3.05, 3.63) is 23.4 Å². The van der Waals surface area contributed by atoms with Crippen molar-refractivity contribution in [2.45, 2.75) is 38.8 Å². The van der Waals surface area contributed by atoms with Crippen LogP contribution in [-0.4, -0.2) is 34.3 Å². The highest BCUT2D eigenvalue weighted by Crippen LogP contribution is 2.30. The van der Waals surface area contributed by atoms with Gasteiger partial charge in [-0.2, -0.15) is 0 Å². The van der Waals surface area contributed by atoms with E-state index in [-0.39, 0.29) is 17.2 Å². The number of rotatable bonds is 3. The zero-order valence-electron chi connectivity index (χ0n) is 10.9. The molecule has 2 heterocycles. The van der Waals surface area contributed by atoms with Crippen LogP contribution < -0.4 is 5.32 Å². The van der Waals surface area contributed by atoms with Gasteiger partial charge in [0.25, 0.3) is 0 Å². The number of aryl methyl sites for hydroxylation is 1. The number of nitrogens with zero attached hydrogens (tertiary/aromatic N) is 1. The first-order chi connectivity index (χ1) is 8.44. The van der Waals surface area contributed by atoms with Crippen LogP contribution in [0.15, 0.2) is 12.3 Å². The zero-order chi connectivity index (χ0) is 13.3. The Morgan fingerprint density at radius 1 is 1.67 bits per heavy atom. The van der Waals surface area contributed by atoms with Crippen molar-refractivity contribution in [3.8, 4) is 0 Å². The van der Waals surface area contributed by atoms with Crippen LogP contribution in [0.5, 0.6) is 0 Å². The number of ether oxygens (including phenoxy) is 1. The summed E-state index contributed by atoms with van der Waals surface area (Å²) < 4.78 is 5.53. The summed E-state index contributed by atoms with van der Waals surface area (Å²) in [4.78, 5) is 15.4. The number of hydrogen-bond donors (Lipinski definition) is 2. The smallest absolute Gasteiger partial charge is 0.339 e. The minimum atomic E-state index is -0.960. The molecule has 5 heteroatoms. The van der Waals surface area contributed by atoms with E-state index in [0.717, 1.165) is 6.42 Å². The molecule has 1 aliphatic heterocycles. The van der Waals surface area contributed by atoms with Crippen molar-refractivity contribution in [2.75, 3.05) is 11.9 Å². The normalized spacial score (nSPS) is 27.2. The Balaban J connectivity index is 2.35. The standard InChI is InChI=1S/C13H18N2O3/c1-8-4-6-14-11(10(8)12(16)17)15-13(3)5-7-18-9(13)2/h4,6,9H,5,7H2,1-3H3,(H,14,15)(H,16,17). The predicted molar refractivity (Wildman–Crippen MR) is 68.0 cm³/mol. The molecule has 1 aliphatic rings. The minimum Gasteiger partial charge on any atom is -0.478 e. The van der Waals surface area contributed by atoms with E-state index in [9.17, 15) is 9.90 Å². The van der Waals surface area contributed by atoms with Gasteiger partial charge < -0.3 is 15.2 Å². The third-order valence-electron chi connectivity index (χ3n) is 3.66. The monoisotopic (exact) mass is 250 g/mol. The molecule has 5 nitrogen and oxygen atoms in total. The second-order valence-electron chi connectivity index (χ2n) is 4.96. The lowest BCUT2D eigenvalue weighted by molar-refractivity contribution is 0.0696. The topological polar surface area (TPSA) is 71.5 Å². The van der Waals surface area contributed by atoms with E-state index >= 15 is 0 Å². The number of aromatic carboxylic acids is 1. The van der Waals surface area contributed by atoms with Crippen LogP contribution in [0, 0.1) is 6.92 Å². The van der Waals surface area contributed by atoms with Gasteiger partial charge in [-0.15, -0.1) is 0 Å². The lowest BCUT2D eigenvalue weighted by atomic mass is 9.94. The second kappa shape index (κ2) is 4.57. The minimum absolute atomic E-state index is 0.0291. The van der Waals surface area contributed by atoms with Gasteiger partial charge in [-0.1, -0.05) is 0 Å². The molecule has 2 atom stereocenters. The van der Waals surface area contributed by atoms with Crippen molar-refractivity contribution in [3.63, 3.8) is 0 Å². The summed E-state index contributed by atoms with van der Waals surface area (Å²) in [6, 6.07) is 1.70. The molecule has 2 N–H and O–H groups in total. The van der Waals surface area contributed by atoms with E-state index in [1.807, 2.05) is 13.8 Å². The molecule has 1 aromatic rings. The third kappa shape index (κ3) is 2.18. The molecule has 98 valence electrons. The Hall–Kier alpha value is -1.62. The third-order valence-corrected chi connectivity index (χ3v) is 3.66. The number of nitrogens with one attached hydrogen (secondary N) is 1. The van der Waals surface area contributed by atoms with Crippen molar-refractivity contribution in [1.82, 2.24) is 4.98 Å². The number of hydrogen-bond acceptors (Lipinski definition) is 4. The number of carboxylic acids is 1. The predicted octanol–water partition coefficient (Wildman–Crippen LogP) is 2.07. The van der Waals surface area contributed by atoms with Crippen LogP contribution in [0.4, 0.5) is 5.82 Å². The molecule has 18 heavy (non-hydrogen) atoms. The molecule has 0 amide bonds. The van der Waals surface area contributed by atoms with Gasteiger partial charge in [0.15, 0.2) is 0 Å². The molecule has 0 saturated carbocycles. The van der Waals surface area contributed by atoms with Crippen LogP contribution in [-0.2, 0) is 4.74 Å². The van der Waals surface area contributed by atoms with E-state index < -0.39 is 5.97 Å². The van der Waals surface area contributed by atoms with E-state index in [4.69, 9.17) is 4.74 Å². The molecule has 0 aromatic carbocycles. The fourth-order valence-electron chi connectivity index (χ4n) is 2.19. The summed E-state index contributed by atoms with van der Waals surface area (Å²) in [7, 11) is 0. The molecule has 0 radical (unpaired) electrons. The first-order valence-electron chi connectivity index (χ1n) is 6.03. The second-order valence-corrected chi connectivity index (χ2v) is 4.96. The molecule has 2 unspecified atom stereocenters. The maximum absolute atomic E-state index is 11.3. The van der Waals surface area contributed by atoms with E-state index in [1.165, 1.54) is 0 Å². The van der Waals surface area contributed by atoms with Crippen LogP contribution in [0.1, 0.15) is 36.2 Å². The Bertz CT molecular complexity index is 475. The summed E-state index contributed by atoms with van der Waals surface area (Å²) >= 11 is 0. The van der Waals surface area contributed by atoms with E-state index in [0.29, 0.717) is 18.0 Å². The van der Waals surface area contributed by atoms with Crippen molar-refractivity contribution in [1.29, 1.82) is 0 Å². The fraction of sp³-hybridized carbons (Fsp3) is 0.538. The largest absolute Gasteiger partial charge is 0.478 e. The molecular weight excluding hydrogens is 232 g/mol. The number of aromatic nitrogens is 1. The first-order valence-corrected chi connectivity index (χ1v) is 6.03. The lowest BCUT2D eigenvalue weighted by Crippen LogP contribution is -2.42. The summed E-state index contributed by atoms with van der Waals surface area (Å²) in [5.74, 6) is -0.541. The van der Waals surface area contributed by atoms with Crippen LogP contribution in [0.25, 0.3) is 0 Å². The van der Waals surface area contributed by atoms with Gasteiger partial charge in [0.1, 0.15) is 11.4 Å². The Labute approximate surface area is 106 Å². The zero-order valence-corrected chi connectivity index (χ0v) is 10.9. The van der Waals surface area contributed by atoms with Crippen LogP contribution in [0.3, 0.4) is 0 Å². The van der Waals surface area contributed by atoms with Crippen LogP contribution in [0.2, 0.25) is 0 Å². The van der Waals surface area contributed by atoms with Gasteiger partial charge in [0.2, 0.25) is 0 Å². The van der Waals surface area contributed by atoms with Gasteiger partial charge in [-0.25, -0.2) is 9.78 Å². The summed E-state index contributed by atoms with van der Waals surface area (Å²) in [5, 5.41) is 12.5. The Kier molecular flexibility index (Phi) is 3.26. The average molecular weight is 250 g/mol. The van der Waals surface area contributed by atoms with E-state index in [2.05, 4.69) is 10.3 Å². The summed E-state index contributed by atoms with van der Waals surface area (Å²) in [6.45, 7) is 6.46. The molecular formula is C13H18N2O3. The van der Waals surface area contributed by atoms with Gasteiger partial charge in [-0.05, 0) is 38.8 Å². The SMILES string of the molecule is Cc1ccnc(NC2(C)CCOC2C)c1C(=O)O. The molecule has 1 fully saturated rings. The van der Waals surface area contributed by atoms with Gasteiger partial charge >= 0.3 is 5.97 Å². The number of anilines is 1. The molecule has 0 bridgehead atoms. The highest BCUT2D eigenvalue weighted by molar-refractivity contribution is 5.94. The molecule has 1 aromatic heterocycles. The first kappa shape index (κ1) is 12.8. The molecule has 0 aliphatic carbocycles. The van der Waals surface area contributed by atoms with Crippen molar-refractivity contribution in [2.24, 2.45) is 0 Å². The van der Waals surface area contributed by atoms with Gasteiger partial charge in [0, 0.05) is 12.8 Å². The maximum Gasteiger partial charge on any atom is 0.339 e.